The van der Waals surface area contributed by atoms with Gasteiger partial charge < -0.3 is 10.4 Å². The Balaban J connectivity index is 2.31. The van der Waals surface area contributed by atoms with E-state index in [0.717, 1.165) is 5.56 Å². The molecule has 0 aliphatic carbocycles. The zero-order chi connectivity index (χ0) is 16.3. The minimum Gasteiger partial charge on any atom is -0.478 e. The summed E-state index contributed by atoms with van der Waals surface area (Å²) in [6.45, 7) is 1.73. The summed E-state index contributed by atoms with van der Waals surface area (Å²) in [4.78, 5) is 23.6. The van der Waals surface area contributed by atoms with Crippen molar-refractivity contribution in [2.24, 2.45) is 0 Å². The Labute approximate surface area is 137 Å². The molecule has 6 heteroatoms. The van der Waals surface area contributed by atoms with Gasteiger partial charge >= 0.3 is 5.97 Å². The van der Waals surface area contributed by atoms with Crippen molar-refractivity contribution in [2.75, 3.05) is 5.32 Å². The van der Waals surface area contributed by atoms with Gasteiger partial charge in [-0.3, -0.25) is 4.79 Å². The molecular weight excluding hydrogens is 325 g/mol. The smallest absolute Gasteiger partial charge is 0.339 e. The third-order valence-corrected chi connectivity index (χ3v) is 3.74. The molecule has 0 aliphatic heterocycles. The van der Waals surface area contributed by atoms with Crippen molar-refractivity contribution in [1.29, 1.82) is 0 Å². The predicted octanol–water partition coefficient (Wildman–Crippen LogP) is 4.43. The highest BCUT2D eigenvalue weighted by Gasteiger charge is 2.21. The number of carboxylic acid groups (broad SMARTS) is 1. The van der Waals surface area contributed by atoms with Gasteiger partial charge in [-0.2, -0.15) is 0 Å². The van der Waals surface area contributed by atoms with Crippen molar-refractivity contribution >= 4 is 40.8 Å². The van der Waals surface area contributed by atoms with E-state index in [9.17, 15) is 14.7 Å². The van der Waals surface area contributed by atoms with E-state index in [1.165, 1.54) is 12.1 Å². The molecule has 0 aliphatic rings. The van der Waals surface area contributed by atoms with Crippen LogP contribution in [0.3, 0.4) is 0 Å². The Kier molecular flexibility index (Phi) is 5.06. The molecule has 2 N–H and O–H groups in total. The van der Waals surface area contributed by atoms with E-state index in [1.54, 1.807) is 6.92 Å². The maximum absolute atomic E-state index is 12.3. The van der Waals surface area contributed by atoms with Gasteiger partial charge in [-0.25, -0.2) is 4.79 Å². The van der Waals surface area contributed by atoms with Gasteiger partial charge in [-0.1, -0.05) is 53.5 Å². The number of aromatic carboxylic acids is 1. The number of hydrogen-bond acceptors (Lipinski definition) is 2. The lowest BCUT2D eigenvalue weighted by molar-refractivity contribution is -0.117. The molecular formula is C16H13Cl2NO3. The number of carbonyl (C=O) groups is 2. The van der Waals surface area contributed by atoms with Crippen LogP contribution < -0.4 is 5.32 Å². The highest BCUT2D eigenvalue weighted by atomic mass is 35.5. The number of halogens is 2. The quantitative estimate of drug-likeness (QED) is 0.866. The topological polar surface area (TPSA) is 66.4 Å². The summed E-state index contributed by atoms with van der Waals surface area (Å²) >= 11 is 11.8. The molecule has 0 saturated heterocycles. The Morgan fingerprint density at radius 2 is 1.77 bits per heavy atom. The normalized spacial score (nSPS) is 11.8. The summed E-state index contributed by atoms with van der Waals surface area (Å²) in [5, 5.41) is 12.0. The van der Waals surface area contributed by atoms with Crippen LogP contribution in [0.1, 0.15) is 28.8 Å². The SMILES string of the molecule is CC(C(=O)Nc1cc(Cl)cc(Cl)c1C(=O)O)c1ccccc1. The Bertz CT molecular complexity index is 717. The van der Waals surface area contributed by atoms with Crippen LogP contribution >= 0.6 is 23.2 Å². The number of nitrogens with one attached hydrogen (secondary N) is 1. The van der Waals surface area contributed by atoms with Gasteiger partial charge in [0.05, 0.1) is 16.6 Å². The summed E-state index contributed by atoms with van der Waals surface area (Å²) in [6, 6.07) is 11.9. The fraction of sp³-hybridized carbons (Fsp3) is 0.125. The van der Waals surface area contributed by atoms with Gasteiger partial charge in [0.15, 0.2) is 0 Å². The molecule has 1 unspecified atom stereocenters. The van der Waals surface area contributed by atoms with Gasteiger partial charge in [-0.05, 0) is 24.6 Å². The Hall–Kier alpha value is -2.04. The third kappa shape index (κ3) is 3.59. The number of anilines is 1. The summed E-state index contributed by atoms with van der Waals surface area (Å²) in [5.74, 6) is -2.02. The van der Waals surface area contributed by atoms with Crippen molar-refractivity contribution in [3.8, 4) is 0 Å². The second kappa shape index (κ2) is 6.81. The van der Waals surface area contributed by atoms with Crippen molar-refractivity contribution in [3.05, 3.63) is 63.6 Å². The molecule has 4 nitrogen and oxygen atoms in total. The molecule has 0 aromatic heterocycles. The summed E-state index contributed by atoms with van der Waals surface area (Å²) in [6.07, 6.45) is 0. The van der Waals surface area contributed by atoms with E-state index < -0.39 is 11.9 Å². The van der Waals surface area contributed by atoms with Crippen LogP contribution in [0.25, 0.3) is 0 Å². The molecule has 1 atom stereocenters. The second-order valence-corrected chi connectivity index (χ2v) is 5.58. The summed E-state index contributed by atoms with van der Waals surface area (Å²) in [7, 11) is 0. The minimum atomic E-state index is -1.23. The molecule has 0 fully saturated rings. The molecule has 2 aromatic rings. The Morgan fingerprint density at radius 3 is 2.36 bits per heavy atom. The van der Waals surface area contributed by atoms with Crippen molar-refractivity contribution in [3.63, 3.8) is 0 Å². The van der Waals surface area contributed by atoms with Crippen LogP contribution in [0.5, 0.6) is 0 Å². The van der Waals surface area contributed by atoms with Crippen molar-refractivity contribution < 1.29 is 14.7 Å². The van der Waals surface area contributed by atoms with E-state index in [0.29, 0.717) is 0 Å². The first-order chi connectivity index (χ1) is 10.4. The van der Waals surface area contributed by atoms with E-state index in [2.05, 4.69) is 5.32 Å². The number of benzene rings is 2. The molecule has 114 valence electrons. The third-order valence-electron chi connectivity index (χ3n) is 3.22. The van der Waals surface area contributed by atoms with Crippen LogP contribution in [-0.4, -0.2) is 17.0 Å². The van der Waals surface area contributed by atoms with Crippen LogP contribution in [0.2, 0.25) is 10.0 Å². The lowest BCUT2D eigenvalue weighted by Gasteiger charge is -2.15. The molecule has 1 amide bonds. The maximum Gasteiger partial charge on any atom is 0.339 e. The van der Waals surface area contributed by atoms with E-state index in [-0.39, 0.29) is 27.2 Å². The van der Waals surface area contributed by atoms with Crippen LogP contribution in [0.15, 0.2) is 42.5 Å². The highest BCUT2D eigenvalue weighted by Crippen LogP contribution is 2.30. The molecule has 0 saturated carbocycles. The van der Waals surface area contributed by atoms with Gasteiger partial charge in [-0.15, -0.1) is 0 Å². The van der Waals surface area contributed by atoms with Gasteiger partial charge in [0.1, 0.15) is 5.56 Å². The number of hydrogen-bond donors (Lipinski definition) is 2. The van der Waals surface area contributed by atoms with Crippen LogP contribution in [0.4, 0.5) is 5.69 Å². The molecule has 0 radical (unpaired) electrons. The lowest BCUT2D eigenvalue weighted by atomic mass is 10.00. The van der Waals surface area contributed by atoms with E-state index in [4.69, 9.17) is 23.2 Å². The minimum absolute atomic E-state index is 0.0253. The average Bonchev–Trinajstić information content (AvgIpc) is 2.46. The molecule has 22 heavy (non-hydrogen) atoms. The van der Waals surface area contributed by atoms with Crippen molar-refractivity contribution in [1.82, 2.24) is 0 Å². The second-order valence-electron chi connectivity index (χ2n) is 4.74. The molecule has 2 rings (SSSR count). The first-order valence-corrected chi connectivity index (χ1v) is 7.24. The first kappa shape index (κ1) is 16.3. The monoisotopic (exact) mass is 337 g/mol. The Morgan fingerprint density at radius 1 is 1.14 bits per heavy atom. The standard InChI is InChI=1S/C16H13Cl2NO3/c1-9(10-5-3-2-4-6-10)15(20)19-13-8-11(17)7-12(18)14(13)16(21)22/h2-9H,1H3,(H,19,20)(H,21,22). The zero-order valence-corrected chi connectivity index (χ0v) is 13.2. The molecule has 2 aromatic carbocycles. The van der Waals surface area contributed by atoms with Crippen LogP contribution in [0, 0.1) is 0 Å². The average molecular weight is 338 g/mol. The van der Waals surface area contributed by atoms with E-state index in [1.807, 2.05) is 30.3 Å². The lowest BCUT2D eigenvalue weighted by Crippen LogP contribution is -2.20. The largest absolute Gasteiger partial charge is 0.478 e. The fourth-order valence-corrected chi connectivity index (χ4v) is 2.60. The number of carboxylic acids is 1. The number of carbonyl (C=O) groups excluding carboxylic acids is 1. The highest BCUT2D eigenvalue weighted by molar-refractivity contribution is 6.37. The summed E-state index contributed by atoms with van der Waals surface area (Å²) < 4.78 is 0. The first-order valence-electron chi connectivity index (χ1n) is 6.48. The van der Waals surface area contributed by atoms with Gasteiger partial charge in [0.25, 0.3) is 0 Å². The summed E-state index contributed by atoms with van der Waals surface area (Å²) in [5.41, 5.74) is 0.724. The maximum atomic E-state index is 12.3. The van der Waals surface area contributed by atoms with E-state index >= 15 is 0 Å². The zero-order valence-electron chi connectivity index (χ0n) is 11.6. The number of amides is 1. The molecule has 0 heterocycles. The van der Waals surface area contributed by atoms with Gasteiger partial charge in [0, 0.05) is 5.02 Å². The van der Waals surface area contributed by atoms with Crippen molar-refractivity contribution in [2.45, 2.75) is 12.8 Å². The van der Waals surface area contributed by atoms with Gasteiger partial charge in [0.2, 0.25) is 5.91 Å². The predicted molar refractivity (Wildman–Crippen MR) is 86.9 cm³/mol. The number of rotatable bonds is 4. The molecule has 0 spiro atoms. The van der Waals surface area contributed by atoms with Crippen LogP contribution in [-0.2, 0) is 4.79 Å². The molecule has 0 bridgehead atoms. The fourth-order valence-electron chi connectivity index (χ4n) is 2.02.